The quantitative estimate of drug-likeness (QED) is 0.593. The third-order valence-electron chi connectivity index (χ3n) is 4.32. The summed E-state index contributed by atoms with van der Waals surface area (Å²) < 4.78 is 5.40. The van der Waals surface area contributed by atoms with Crippen molar-refractivity contribution in [3.63, 3.8) is 0 Å². The highest BCUT2D eigenvalue weighted by molar-refractivity contribution is 5.46. The highest BCUT2D eigenvalue weighted by atomic mass is 16.6. The minimum Gasteiger partial charge on any atom is -0.483 e. The molecule has 1 aliphatic heterocycles. The second kappa shape index (κ2) is 8.59. The number of pyridine rings is 1. The van der Waals surface area contributed by atoms with Crippen molar-refractivity contribution in [3.8, 4) is 5.75 Å². The lowest BCUT2D eigenvalue weighted by atomic mass is 10.2. The van der Waals surface area contributed by atoms with Gasteiger partial charge in [-0.05, 0) is 34.2 Å². The zero-order valence-electron chi connectivity index (χ0n) is 14.4. The number of nitrogens with zero attached hydrogens (tertiary/aromatic N) is 4. The first-order valence-corrected chi connectivity index (χ1v) is 8.56. The first-order valence-electron chi connectivity index (χ1n) is 8.56. The smallest absolute Gasteiger partial charge is 0.406 e. The largest absolute Gasteiger partial charge is 0.483 e. The molecule has 1 fully saturated rings. The van der Waals surface area contributed by atoms with E-state index in [4.69, 9.17) is 4.74 Å². The van der Waals surface area contributed by atoms with Crippen LogP contribution in [0.1, 0.15) is 0 Å². The molecule has 0 radical (unpaired) electrons. The Labute approximate surface area is 151 Å². The van der Waals surface area contributed by atoms with E-state index in [1.54, 1.807) is 6.07 Å². The average Bonchev–Trinajstić information content (AvgIpc) is 2.68. The molecule has 0 bridgehead atoms. The fourth-order valence-corrected chi connectivity index (χ4v) is 3.00. The minimum absolute atomic E-state index is 0.00850. The lowest BCUT2D eigenvalue weighted by Gasteiger charge is -2.36. The highest BCUT2D eigenvalue weighted by Gasteiger charge is 2.21. The van der Waals surface area contributed by atoms with Gasteiger partial charge in [0.05, 0.1) is 0 Å². The first-order chi connectivity index (χ1) is 12.6. The van der Waals surface area contributed by atoms with E-state index in [2.05, 4.69) is 26.9 Å². The Bertz CT molecular complexity index is 720. The second-order valence-electron chi connectivity index (χ2n) is 6.17. The van der Waals surface area contributed by atoms with Gasteiger partial charge in [-0.25, -0.2) is 0 Å². The Morgan fingerprint density at radius 3 is 2.58 bits per heavy atom. The van der Waals surface area contributed by atoms with Gasteiger partial charge in [0.25, 0.3) is 0 Å². The normalized spacial score (nSPS) is 16.3. The molecule has 1 aromatic carbocycles. The molecule has 0 saturated carbocycles. The molecule has 1 aromatic heterocycles. The van der Waals surface area contributed by atoms with Crippen molar-refractivity contribution in [2.75, 3.05) is 44.2 Å². The molecule has 0 amide bonds. The van der Waals surface area contributed by atoms with Gasteiger partial charge >= 0.3 is 5.82 Å². The van der Waals surface area contributed by atoms with E-state index >= 15 is 0 Å². The van der Waals surface area contributed by atoms with Crippen molar-refractivity contribution in [3.05, 3.63) is 58.8 Å². The van der Waals surface area contributed by atoms with Crippen LogP contribution in [0.15, 0.2) is 48.7 Å². The maximum atomic E-state index is 10.9. The molecule has 1 aliphatic rings. The van der Waals surface area contributed by atoms with Gasteiger partial charge in [-0.3, -0.25) is 4.90 Å². The van der Waals surface area contributed by atoms with Crippen LogP contribution < -0.4 is 9.64 Å². The fourth-order valence-electron chi connectivity index (χ4n) is 3.00. The number of aliphatic hydroxyl groups excluding tert-OH is 1. The first kappa shape index (κ1) is 18.1. The van der Waals surface area contributed by atoms with Crippen molar-refractivity contribution >= 4 is 11.5 Å². The predicted octanol–water partition coefficient (Wildman–Crippen LogP) is 1.55. The minimum atomic E-state index is -0.724. The molecule has 2 aromatic rings. The van der Waals surface area contributed by atoms with Gasteiger partial charge in [0.15, 0.2) is 0 Å². The number of hydrogen-bond donors (Lipinski definition) is 1. The van der Waals surface area contributed by atoms with E-state index in [9.17, 15) is 15.2 Å². The van der Waals surface area contributed by atoms with Crippen LogP contribution in [-0.2, 0) is 0 Å². The molecule has 0 spiro atoms. The van der Waals surface area contributed by atoms with Crippen LogP contribution in [0, 0.1) is 10.1 Å². The highest BCUT2D eigenvalue weighted by Crippen LogP contribution is 2.23. The number of ether oxygens (including phenoxy) is 1. The van der Waals surface area contributed by atoms with Crippen LogP contribution in [0.4, 0.5) is 11.5 Å². The standard InChI is InChI=1S/C18H22N4O4/c23-16(14-26-17-7-4-8-19-18(17)22(24)25)13-20-9-11-21(12-10-20)15-5-2-1-3-6-15/h1-8,16,23H,9-14H2. The number of rotatable bonds is 7. The van der Waals surface area contributed by atoms with Gasteiger partial charge in [-0.1, -0.05) is 18.2 Å². The SMILES string of the molecule is O=[N+]([O-])c1ncccc1OCC(O)CN1CCN(c2ccccc2)CC1. The molecule has 8 nitrogen and oxygen atoms in total. The Morgan fingerprint density at radius 1 is 1.15 bits per heavy atom. The van der Waals surface area contributed by atoms with E-state index in [-0.39, 0.29) is 18.2 Å². The molecule has 1 atom stereocenters. The average molecular weight is 358 g/mol. The van der Waals surface area contributed by atoms with Crippen LogP contribution in [0.3, 0.4) is 0 Å². The number of aromatic nitrogens is 1. The number of aliphatic hydroxyl groups is 1. The monoisotopic (exact) mass is 358 g/mol. The predicted molar refractivity (Wildman–Crippen MR) is 97.5 cm³/mol. The molecule has 138 valence electrons. The van der Waals surface area contributed by atoms with Crippen molar-refractivity contribution < 1.29 is 14.8 Å². The van der Waals surface area contributed by atoms with E-state index in [0.717, 1.165) is 26.2 Å². The molecule has 1 unspecified atom stereocenters. The van der Waals surface area contributed by atoms with Gasteiger partial charge in [-0.2, -0.15) is 0 Å². The zero-order valence-corrected chi connectivity index (χ0v) is 14.4. The Kier molecular flexibility index (Phi) is 5.98. The van der Waals surface area contributed by atoms with Gasteiger partial charge < -0.3 is 24.9 Å². The Morgan fingerprint density at radius 2 is 1.88 bits per heavy atom. The summed E-state index contributed by atoms with van der Waals surface area (Å²) in [5.74, 6) is -0.262. The lowest BCUT2D eigenvalue weighted by Crippen LogP contribution is -2.49. The zero-order chi connectivity index (χ0) is 18.4. The summed E-state index contributed by atoms with van der Waals surface area (Å²) in [6, 6.07) is 13.3. The van der Waals surface area contributed by atoms with Crippen molar-refractivity contribution in [1.82, 2.24) is 9.88 Å². The van der Waals surface area contributed by atoms with Crippen molar-refractivity contribution in [2.24, 2.45) is 0 Å². The molecule has 26 heavy (non-hydrogen) atoms. The summed E-state index contributed by atoms with van der Waals surface area (Å²) in [7, 11) is 0. The van der Waals surface area contributed by atoms with Crippen LogP contribution in [0.25, 0.3) is 0 Å². The van der Waals surface area contributed by atoms with Crippen LogP contribution in [-0.4, -0.2) is 65.3 Å². The van der Waals surface area contributed by atoms with E-state index in [1.165, 1.54) is 18.0 Å². The molecule has 3 rings (SSSR count). The van der Waals surface area contributed by atoms with Gasteiger partial charge in [0, 0.05) is 38.4 Å². The summed E-state index contributed by atoms with van der Waals surface area (Å²) in [6.45, 7) is 3.94. The number of β-amino-alcohol motifs (C(OH)–C–C–N with tert-alkyl or cyclic N) is 1. The fraction of sp³-hybridized carbons (Fsp3) is 0.389. The Hall–Kier alpha value is -2.71. The topological polar surface area (TPSA) is 92.0 Å². The summed E-state index contributed by atoms with van der Waals surface area (Å²) >= 11 is 0. The summed E-state index contributed by atoms with van der Waals surface area (Å²) in [5, 5.41) is 21.1. The maximum absolute atomic E-state index is 10.9. The Balaban J connectivity index is 1.45. The molecule has 8 heteroatoms. The summed E-state index contributed by atoms with van der Waals surface area (Å²) in [6.07, 6.45) is 0.617. The third kappa shape index (κ3) is 4.68. The molecule has 0 aliphatic carbocycles. The third-order valence-corrected chi connectivity index (χ3v) is 4.32. The van der Waals surface area contributed by atoms with Crippen molar-refractivity contribution in [2.45, 2.75) is 6.10 Å². The molecular weight excluding hydrogens is 336 g/mol. The summed E-state index contributed by atoms with van der Waals surface area (Å²) in [5.41, 5.74) is 1.21. The number of piperazine rings is 1. The number of nitro groups is 1. The maximum Gasteiger partial charge on any atom is 0.406 e. The number of hydrogen-bond acceptors (Lipinski definition) is 7. The van der Waals surface area contributed by atoms with Crippen LogP contribution in [0.2, 0.25) is 0 Å². The van der Waals surface area contributed by atoms with E-state index in [0.29, 0.717) is 6.54 Å². The van der Waals surface area contributed by atoms with Gasteiger partial charge in [0.1, 0.15) is 18.9 Å². The molecule has 2 heterocycles. The van der Waals surface area contributed by atoms with Crippen molar-refractivity contribution in [1.29, 1.82) is 0 Å². The van der Waals surface area contributed by atoms with Crippen LogP contribution >= 0.6 is 0 Å². The second-order valence-corrected chi connectivity index (χ2v) is 6.17. The van der Waals surface area contributed by atoms with E-state index in [1.807, 2.05) is 18.2 Å². The molecule has 1 N–H and O–H groups in total. The van der Waals surface area contributed by atoms with E-state index < -0.39 is 11.0 Å². The molecular formula is C18H22N4O4. The van der Waals surface area contributed by atoms with Gasteiger partial charge in [-0.15, -0.1) is 0 Å². The summed E-state index contributed by atoms with van der Waals surface area (Å²) in [4.78, 5) is 18.5. The van der Waals surface area contributed by atoms with Crippen LogP contribution in [0.5, 0.6) is 5.75 Å². The number of para-hydroxylation sites is 1. The number of benzene rings is 1. The lowest BCUT2D eigenvalue weighted by molar-refractivity contribution is -0.390. The number of anilines is 1. The van der Waals surface area contributed by atoms with Gasteiger partial charge in [0.2, 0.25) is 5.75 Å². The molecule has 1 saturated heterocycles.